The van der Waals surface area contributed by atoms with E-state index in [9.17, 15) is 19.5 Å². The van der Waals surface area contributed by atoms with Gasteiger partial charge in [0.25, 0.3) is 5.91 Å². The molecule has 0 aliphatic heterocycles. The van der Waals surface area contributed by atoms with Crippen LogP contribution < -0.4 is 10.6 Å². The van der Waals surface area contributed by atoms with E-state index in [-0.39, 0.29) is 29.2 Å². The van der Waals surface area contributed by atoms with Crippen molar-refractivity contribution in [1.29, 1.82) is 0 Å². The highest BCUT2D eigenvalue weighted by atomic mass is 16.4. The molecule has 1 fully saturated rings. The van der Waals surface area contributed by atoms with E-state index in [1.165, 1.54) is 0 Å². The maximum Gasteiger partial charge on any atom is 0.307 e. The third-order valence-corrected chi connectivity index (χ3v) is 5.80. The van der Waals surface area contributed by atoms with Gasteiger partial charge in [-0.05, 0) is 62.8 Å². The van der Waals surface area contributed by atoms with E-state index in [1.54, 1.807) is 24.3 Å². The van der Waals surface area contributed by atoms with Gasteiger partial charge in [-0.2, -0.15) is 0 Å². The molecule has 2 aliphatic rings. The number of carbonyl (C=O) groups excluding carboxylic acids is 2. The predicted octanol–water partition coefficient (Wildman–Crippen LogP) is 3.07. The largest absolute Gasteiger partial charge is 0.481 e. The molecule has 1 saturated carbocycles. The van der Waals surface area contributed by atoms with Gasteiger partial charge in [0.15, 0.2) is 0 Å². The van der Waals surface area contributed by atoms with E-state index in [0.29, 0.717) is 11.3 Å². The lowest BCUT2D eigenvalue weighted by Crippen LogP contribution is -2.42. The Morgan fingerprint density at radius 1 is 1.07 bits per heavy atom. The van der Waals surface area contributed by atoms with E-state index in [4.69, 9.17) is 0 Å². The van der Waals surface area contributed by atoms with Crippen molar-refractivity contribution in [2.75, 3.05) is 5.32 Å². The number of carboxylic acids is 1. The van der Waals surface area contributed by atoms with Crippen molar-refractivity contribution in [2.45, 2.75) is 39.2 Å². The number of rotatable bonds is 6. The Balaban J connectivity index is 1.66. The number of carboxylic acid groups (broad SMARTS) is 1. The molecule has 0 radical (unpaired) electrons. The minimum Gasteiger partial charge on any atom is -0.481 e. The quantitative estimate of drug-likeness (QED) is 0.671. The van der Waals surface area contributed by atoms with Crippen molar-refractivity contribution in [3.63, 3.8) is 0 Å². The van der Waals surface area contributed by atoms with Gasteiger partial charge in [0.05, 0.1) is 11.8 Å². The minimum atomic E-state index is -0.919. The summed E-state index contributed by atoms with van der Waals surface area (Å²) in [7, 11) is 0. The second kappa shape index (κ2) is 7.18. The third kappa shape index (κ3) is 3.89. The lowest BCUT2D eigenvalue weighted by atomic mass is 9.82. The third-order valence-electron chi connectivity index (χ3n) is 5.80. The van der Waals surface area contributed by atoms with Crippen molar-refractivity contribution in [3.05, 3.63) is 42.0 Å². The van der Waals surface area contributed by atoms with Crippen LogP contribution in [0.5, 0.6) is 0 Å². The number of allylic oxidation sites excluding steroid dienone is 2. The molecule has 0 saturated heterocycles. The number of carbonyl (C=O) groups is 3. The smallest absolute Gasteiger partial charge is 0.307 e. The highest BCUT2D eigenvalue weighted by molar-refractivity contribution is 5.98. The second-order valence-corrected chi connectivity index (χ2v) is 8.10. The summed E-state index contributed by atoms with van der Waals surface area (Å²) in [5.41, 5.74) is 0.786. The molecule has 3 N–H and O–H groups in total. The minimum absolute atomic E-state index is 0.0163. The summed E-state index contributed by atoms with van der Waals surface area (Å²) < 4.78 is 0. The van der Waals surface area contributed by atoms with Crippen LogP contribution in [0.4, 0.5) is 5.69 Å². The van der Waals surface area contributed by atoms with Crippen molar-refractivity contribution in [3.8, 4) is 0 Å². The van der Waals surface area contributed by atoms with Gasteiger partial charge < -0.3 is 15.7 Å². The second-order valence-electron chi connectivity index (χ2n) is 8.10. The summed E-state index contributed by atoms with van der Waals surface area (Å²) in [5.74, 6) is -2.65. The maximum atomic E-state index is 12.7. The first-order valence-electron chi connectivity index (χ1n) is 9.36. The molecule has 0 unspecified atom stereocenters. The van der Waals surface area contributed by atoms with Gasteiger partial charge in [0.1, 0.15) is 0 Å². The molecule has 0 aromatic heterocycles. The topological polar surface area (TPSA) is 95.5 Å². The Kier molecular flexibility index (Phi) is 5.09. The molecule has 6 nitrogen and oxygen atoms in total. The lowest BCUT2D eigenvalue weighted by molar-refractivity contribution is -0.146. The van der Waals surface area contributed by atoms with E-state index in [2.05, 4.69) is 10.6 Å². The number of anilines is 1. The molecule has 1 aromatic carbocycles. The van der Waals surface area contributed by atoms with Crippen LogP contribution >= 0.6 is 0 Å². The summed E-state index contributed by atoms with van der Waals surface area (Å²) >= 11 is 0. The Labute approximate surface area is 159 Å². The standard InChI is InChI=1S/C21H26N2O4/c1-4-21(2,3)23-18(24)12-7-9-15(10-8-12)22-19(25)16-13-5-6-14(11-13)17(16)20(26)27/h5-10,13-14,16-17H,4,11H2,1-3H3,(H,22,25)(H,23,24)(H,26,27)/t13-,14-,16+,17+/m0/s1. The maximum absolute atomic E-state index is 12.7. The Bertz CT molecular complexity index is 782. The predicted molar refractivity (Wildman–Crippen MR) is 102 cm³/mol. The monoisotopic (exact) mass is 370 g/mol. The Morgan fingerprint density at radius 2 is 1.67 bits per heavy atom. The van der Waals surface area contributed by atoms with Crippen molar-refractivity contribution in [1.82, 2.24) is 5.32 Å². The number of amides is 2. The number of benzene rings is 1. The number of aliphatic carboxylic acids is 1. The fraction of sp³-hybridized carbons (Fsp3) is 0.476. The molecule has 0 heterocycles. The fourth-order valence-corrected chi connectivity index (χ4v) is 3.91. The average Bonchev–Trinajstić information content (AvgIpc) is 3.23. The van der Waals surface area contributed by atoms with Gasteiger partial charge in [0, 0.05) is 16.8 Å². The van der Waals surface area contributed by atoms with Crippen LogP contribution in [0.25, 0.3) is 0 Å². The van der Waals surface area contributed by atoms with Crippen molar-refractivity contribution < 1.29 is 19.5 Å². The van der Waals surface area contributed by atoms with Crippen LogP contribution in [0.3, 0.4) is 0 Å². The van der Waals surface area contributed by atoms with Crippen molar-refractivity contribution in [2.24, 2.45) is 23.7 Å². The molecule has 2 aliphatic carbocycles. The van der Waals surface area contributed by atoms with Crippen LogP contribution in [0, 0.1) is 23.7 Å². The first-order valence-corrected chi connectivity index (χ1v) is 9.36. The zero-order valence-electron chi connectivity index (χ0n) is 15.9. The van der Waals surface area contributed by atoms with Gasteiger partial charge in [-0.25, -0.2) is 0 Å². The lowest BCUT2D eigenvalue weighted by Gasteiger charge is -2.25. The molecular formula is C21H26N2O4. The SMILES string of the molecule is CCC(C)(C)NC(=O)c1ccc(NC(=O)[C@H]2[C@H](C(=O)O)[C@H]3C=C[C@H]2C3)cc1. The summed E-state index contributed by atoms with van der Waals surface area (Å²) in [4.78, 5) is 36.5. The molecule has 2 bridgehead atoms. The van der Waals surface area contributed by atoms with Crippen LogP contribution in [0.1, 0.15) is 44.0 Å². The summed E-state index contributed by atoms with van der Waals surface area (Å²) in [6.07, 6.45) is 5.41. The zero-order valence-corrected chi connectivity index (χ0v) is 15.9. The Hall–Kier alpha value is -2.63. The summed E-state index contributed by atoms with van der Waals surface area (Å²) in [6.45, 7) is 5.93. The molecule has 3 rings (SSSR count). The van der Waals surface area contributed by atoms with Crippen LogP contribution in [0.2, 0.25) is 0 Å². The molecular weight excluding hydrogens is 344 g/mol. The van der Waals surface area contributed by atoms with Gasteiger partial charge >= 0.3 is 5.97 Å². The van der Waals surface area contributed by atoms with Crippen molar-refractivity contribution >= 4 is 23.5 Å². The summed E-state index contributed by atoms with van der Waals surface area (Å²) in [5, 5.41) is 15.2. The molecule has 6 heteroatoms. The Morgan fingerprint density at radius 3 is 2.22 bits per heavy atom. The van der Waals surface area contributed by atoms with Crippen LogP contribution in [0.15, 0.2) is 36.4 Å². The molecule has 4 atom stereocenters. The molecule has 2 amide bonds. The highest BCUT2D eigenvalue weighted by Gasteiger charge is 2.51. The number of fused-ring (bicyclic) bond motifs is 2. The normalized spacial score (nSPS) is 26.0. The number of hydrogen-bond donors (Lipinski definition) is 3. The van der Waals surface area contributed by atoms with Gasteiger partial charge in [0.2, 0.25) is 5.91 Å². The van der Waals surface area contributed by atoms with Crippen LogP contribution in [-0.4, -0.2) is 28.4 Å². The first kappa shape index (κ1) is 19.1. The highest BCUT2D eigenvalue weighted by Crippen LogP contribution is 2.48. The van der Waals surface area contributed by atoms with Gasteiger partial charge in [-0.3, -0.25) is 14.4 Å². The van der Waals surface area contributed by atoms with Crippen LogP contribution in [-0.2, 0) is 9.59 Å². The van der Waals surface area contributed by atoms with E-state index >= 15 is 0 Å². The number of nitrogens with one attached hydrogen (secondary N) is 2. The van der Waals surface area contributed by atoms with E-state index in [1.807, 2.05) is 32.9 Å². The summed E-state index contributed by atoms with van der Waals surface area (Å²) in [6, 6.07) is 6.66. The van der Waals surface area contributed by atoms with Gasteiger partial charge in [-0.1, -0.05) is 19.1 Å². The number of hydrogen-bond acceptors (Lipinski definition) is 3. The molecule has 144 valence electrons. The average molecular weight is 370 g/mol. The fourth-order valence-electron chi connectivity index (χ4n) is 3.91. The van der Waals surface area contributed by atoms with E-state index in [0.717, 1.165) is 12.8 Å². The molecule has 0 spiro atoms. The molecule has 27 heavy (non-hydrogen) atoms. The van der Waals surface area contributed by atoms with E-state index < -0.39 is 17.8 Å². The zero-order chi connectivity index (χ0) is 19.8. The molecule has 1 aromatic rings. The first-order chi connectivity index (χ1) is 12.7. The van der Waals surface area contributed by atoms with Gasteiger partial charge in [-0.15, -0.1) is 0 Å².